The van der Waals surface area contributed by atoms with Crippen LogP contribution in [0.5, 0.6) is 0 Å². The zero-order valence-electron chi connectivity index (χ0n) is 11.4. The van der Waals surface area contributed by atoms with Gasteiger partial charge in [-0.3, -0.25) is 0 Å². The summed E-state index contributed by atoms with van der Waals surface area (Å²) in [5.74, 6) is 1.79. The standard InChI is InChI=1S/C14H18N4S/c1-3-7-15-13-10-5-4-6-11(10)17-14(18-13)12-8-19-9(2)16-12/h8H,3-7H2,1-2H3,(H,15,17,18). The third kappa shape index (κ3) is 2.47. The number of nitrogens with one attached hydrogen (secondary N) is 1. The van der Waals surface area contributed by atoms with Gasteiger partial charge in [-0.15, -0.1) is 11.3 Å². The molecule has 0 aliphatic heterocycles. The summed E-state index contributed by atoms with van der Waals surface area (Å²) in [4.78, 5) is 13.9. The Bertz CT molecular complexity index is 591. The van der Waals surface area contributed by atoms with Crippen LogP contribution in [0.1, 0.15) is 36.0 Å². The summed E-state index contributed by atoms with van der Waals surface area (Å²) in [6.07, 6.45) is 4.45. The van der Waals surface area contributed by atoms with Crippen molar-refractivity contribution < 1.29 is 0 Å². The van der Waals surface area contributed by atoms with Gasteiger partial charge in [0.05, 0.1) is 5.01 Å². The molecule has 1 aliphatic rings. The molecule has 2 aromatic heterocycles. The van der Waals surface area contributed by atoms with Gasteiger partial charge in [0, 0.05) is 23.2 Å². The van der Waals surface area contributed by atoms with Crippen molar-refractivity contribution in [1.82, 2.24) is 15.0 Å². The molecule has 4 nitrogen and oxygen atoms in total. The van der Waals surface area contributed by atoms with E-state index < -0.39 is 0 Å². The Kier molecular flexibility index (Phi) is 3.46. The highest BCUT2D eigenvalue weighted by atomic mass is 32.1. The summed E-state index contributed by atoms with van der Waals surface area (Å²) in [6.45, 7) is 5.13. The molecule has 0 amide bonds. The van der Waals surface area contributed by atoms with Crippen LogP contribution < -0.4 is 5.32 Å². The molecule has 100 valence electrons. The molecule has 5 heteroatoms. The monoisotopic (exact) mass is 274 g/mol. The third-order valence-corrected chi connectivity index (χ3v) is 4.10. The number of hydrogen-bond acceptors (Lipinski definition) is 5. The fourth-order valence-corrected chi connectivity index (χ4v) is 2.99. The zero-order valence-corrected chi connectivity index (χ0v) is 12.2. The lowest BCUT2D eigenvalue weighted by Crippen LogP contribution is -2.08. The smallest absolute Gasteiger partial charge is 0.181 e. The third-order valence-electron chi connectivity index (χ3n) is 3.32. The Morgan fingerprint density at radius 2 is 2.16 bits per heavy atom. The fourth-order valence-electron chi connectivity index (χ4n) is 2.40. The van der Waals surface area contributed by atoms with E-state index in [1.165, 1.54) is 17.7 Å². The van der Waals surface area contributed by atoms with Crippen molar-refractivity contribution in [3.05, 3.63) is 21.6 Å². The first-order valence-electron chi connectivity index (χ1n) is 6.84. The van der Waals surface area contributed by atoms with Crippen molar-refractivity contribution in [1.29, 1.82) is 0 Å². The quantitative estimate of drug-likeness (QED) is 0.930. The summed E-state index contributed by atoms with van der Waals surface area (Å²) in [5.41, 5.74) is 3.41. The van der Waals surface area contributed by atoms with E-state index >= 15 is 0 Å². The summed E-state index contributed by atoms with van der Waals surface area (Å²) >= 11 is 1.64. The SMILES string of the molecule is CCCNc1nc(-c2csc(C)n2)nc2c1CCC2. The van der Waals surface area contributed by atoms with E-state index in [0.29, 0.717) is 0 Å². The van der Waals surface area contributed by atoms with E-state index in [1.807, 2.05) is 12.3 Å². The largest absolute Gasteiger partial charge is 0.370 e. The van der Waals surface area contributed by atoms with Crippen molar-refractivity contribution in [2.75, 3.05) is 11.9 Å². The van der Waals surface area contributed by atoms with Gasteiger partial charge >= 0.3 is 0 Å². The van der Waals surface area contributed by atoms with E-state index in [0.717, 1.165) is 48.2 Å². The van der Waals surface area contributed by atoms with Gasteiger partial charge < -0.3 is 5.32 Å². The maximum absolute atomic E-state index is 4.70. The average Bonchev–Trinajstić information content (AvgIpc) is 3.03. The molecule has 0 radical (unpaired) electrons. The van der Waals surface area contributed by atoms with Crippen LogP contribution in [0.15, 0.2) is 5.38 Å². The Labute approximate surface area is 117 Å². The normalized spacial score (nSPS) is 13.6. The average molecular weight is 274 g/mol. The Balaban J connectivity index is 2.02. The number of thiazole rings is 1. The molecule has 0 fully saturated rings. The van der Waals surface area contributed by atoms with Crippen LogP contribution >= 0.6 is 11.3 Å². The molecule has 19 heavy (non-hydrogen) atoms. The maximum atomic E-state index is 4.70. The number of aromatic nitrogens is 3. The Morgan fingerprint density at radius 1 is 1.26 bits per heavy atom. The lowest BCUT2D eigenvalue weighted by Gasteiger charge is -2.10. The highest BCUT2D eigenvalue weighted by molar-refractivity contribution is 7.09. The topological polar surface area (TPSA) is 50.7 Å². The summed E-state index contributed by atoms with van der Waals surface area (Å²) in [5, 5.41) is 6.53. The second-order valence-electron chi connectivity index (χ2n) is 4.85. The van der Waals surface area contributed by atoms with E-state index in [9.17, 15) is 0 Å². The van der Waals surface area contributed by atoms with Gasteiger partial charge in [-0.1, -0.05) is 6.92 Å². The number of aryl methyl sites for hydroxylation is 2. The van der Waals surface area contributed by atoms with Gasteiger partial charge in [-0.05, 0) is 32.6 Å². The van der Waals surface area contributed by atoms with Gasteiger partial charge in [-0.2, -0.15) is 0 Å². The van der Waals surface area contributed by atoms with Crippen LogP contribution in [0.4, 0.5) is 5.82 Å². The van der Waals surface area contributed by atoms with Crippen LogP contribution in [-0.4, -0.2) is 21.5 Å². The molecule has 0 atom stereocenters. The molecule has 0 saturated carbocycles. The number of rotatable bonds is 4. The summed E-state index contributed by atoms with van der Waals surface area (Å²) < 4.78 is 0. The first kappa shape index (κ1) is 12.5. The van der Waals surface area contributed by atoms with E-state index in [-0.39, 0.29) is 0 Å². The van der Waals surface area contributed by atoms with E-state index in [1.54, 1.807) is 11.3 Å². The first-order valence-corrected chi connectivity index (χ1v) is 7.72. The molecular formula is C14H18N4S. The molecule has 0 aromatic carbocycles. The molecule has 0 unspecified atom stereocenters. The van der Waals surface area contributed by atoms with Crippen LogP contribution in [0.25, 0.3) is 11.5 Å². The van der Waals surface area contributed by atoms with E-state index in [4.69, 9.17) is 4.98 Å². The lowest BCUT2D eigenvalue weighted by molar-refractivity contribution is 0.899. The molecular weight excluding hydrogens is 256 g/mol. The summed E-state index contributed by atoms with van der Waals surface area (Å²) in [7, 11) is 0. The van der Waals surface area contributed by atoms with Crippen LogP contribution in [0.2, 0.25) is 0 Å². The summed E-state index contributed by atoms with van der Waals surface area (Å²) in [6, 6.07) is 0. The molecule has 2 heterocycles. The zero-order chi connectivity index (χ0) is 13.2. The van der Waals surface area contributed by atoms with Gasteiger partial charge in [0.15, 0.2) is 5.82 Å². The second-order valence-corrected chi connectivity index (χ2v) is 5.92. The van der Waals surface area contributed by atoms with Gasteiger partial charge in [0.1, 0.15) is 11.5 Å². The van der Waals surface area contributed by atoms with Crippen LogP contribution in [-0.2, 0) is 12.8 Å². The number of anilines is 1. The highest BCUT2D eigenvalue weighted by Crippen LogP contribution is 2.29. The Hall–Kier alpha value is -1.49. The van der Waals surface area contributed by atoms with Gasteiger partial charge in [0.2, 0.25) is 0 Å². The van der Waals surface area contributed by atoms with Crippen molar-refractivity contribution in [3.8, 4) is 11.5 Å². The molecule has 1 aliphatic carbocycles. The van der Waals surface area contributed by atoms with Crippen molar-refractivity contribution in [2.45, 2.75) is 39.5 Å². The predicted octanol–water partition coefficient (Wildman–Crippen LogP) is 3.22. The van der Waals surface area contributed by atoms with Crippen LogP contribution in [0.3, 0.4) is 0 Å². The number of fused-ring (bicyclic) bond motifs is 1. The Morgan fingerprint density at radius 3 is 2.89 bits per heavy atom. The highest BCUT2D eigenvalue weighted by Gasteiger charge is 2.20. The molecule has 0 spiro atoms. The minimum Gasteiger partial charge on any atom is -0.370 e. The van der Waals surface area contributed by atoms with Crippen molar-refractivity contribution >= 4 is 17.2 Å². The number of nitrogens with zero attached hydrogens (tertiary/aromatic N) is 3. The maximum Gasteiger partial charge on any atom is 0.181 e. The minimum absolute atomic E-state index is 0.767. The van der Waals surface area contributed by atoms with Gasteiger partial charge in [0.25, 0.3) is 0 Å². The molecule has 2 aromatic rings. The second kappa shape index (κ2) is 5.25. The molecule has 0 saturated heterocycles. The van der Waals surface area contributed by atoms with E-state index in [2.05, 4.69) is 22.2 Å². The van der Waals surface area contributed by atoms with Crippen molar-refractivity contribution in [3.63, 3.8) is 0 Å². The van der Waals surface area contributed by atoms with Crippen molar-refractivity contribution in [2.24, 2.45) is 0 Å². The lowest BCUT2D eigenvalue weighted by atomic mass is 10.2. The molecule has 3 rings (SSSR count). The minimum atomic E-state index is 0.767. The predicted molar refractivity (Wildman–Crippen MR) is 78.7 cm³/mol. The fraction of sp³-hybridized carbons (Fsp3) is 0.500. The number of hydrogen-bond donors (Lipinski definition) is 1. The molecule has 0 bridgehead atoms. The van der Waals surface area contributed by atoms with Crippen LogP contribution in [0, 0.1) is 6.92 Å². The van der Waals surface area contributed by atoms with Gasteiger partial charge in [-0.25, -0.2) is 15.0 Å². The molecule has 1 N–H and O–H groups in total. The first-order chi connectivity index (χ1) is 9.28.